The van der Waals surface area contributed by atoms with Crippen molar-refractivity contribution in [3.63, 3.8) is 0 Å². The Morgan fingerprint density at radius 1 is 1.15 bits per heavy atom. The van der Waals surface area contributed by atoms with Gasteiger partial charge in [-0.2, -0.15) is 0 Å². The van der Waals surface area contributed by atoms with Crippen molar-refractivity contribution < 1.29 is 13.2 Å². The molecule has 0 aliphatic heterocycles. The Labute approximate surface area is 123 Å². The molecule has 0 amide bonds. The molecule has 0 unspecified atom stereocenters. The second-order valence-electron chi connectivity index (χ2n) is 4.48. The third-order valence-electron chi connectivity index (χ3n) is 3.07. The van der Waals surface area contributed by atoms with E-state index < -0.39 is 11.6 Å². The first-order chi connectivity index (χ1) is 9.49. The normalized spacial score (nSPS) is 12.4. The van der Waals surface area contributed by atoms with Crippen LogP contribution in [0.25, 0.3) is 0 Å². The SMILES string of the molecule is C[C@@H](NCc1c(F)ccc(Br)c1F)c1cccc(F)c1. The quantitative estimate of drug-likeness (QED) is 0.792. The summed E-state index contributed by atoms with van der Waals surface area (Å²) in [6.45, 7) is 1.83. The maximum absolute atomic E-state index is 13.8. The average Bonchev–Trinajstić information content (AvgIpc) is 2.43. The molecule has 1 N–H and O–H groups in total. The molecule has 0 spiro atoms. The number of rotatable bonds is 4. The lowest BCUT2D eigenvalue weighted by molar-refractivity contribution is 0.505. The van der Waals surface area contributed by atoms with Crippen molar-refractivity contribution >= 4 is 15.9 Å². The van der Waals surface area contributed by atoms with Crippen LogP contribution in [0.2, 0.25) is 0 Å². The summed E-state index contributed by atoms with van der Waals surface area (Å²) in [5.74, 6) is -1.57. The van der Waals surface area contributed by atoms with Gasteiger partial charge in [0.2, 0.25) is 0 Å². The summed E-state index contributed by atoms with van der Waals surface area (Å²) in [6, 6.07) is 8.41. The van der Waals surface area contributed by atoms with E-state index in [1.807, 2.05) is 6.92 Å². The molecule has 0 aliphatic rings. The van der Waals surface area contributed by atoms with Gasteiger partial charge in [0.15, 0.2) is 0 Å². The molecule has 0 aliphatic carbocycles. The minimum atomic E-state index is -0.621. The Kier molecular flexibility index (Phi) is 4.83. The Morgan fingerprint density at radius 2 is 1.90 bits per heavy atom. The first-order valence-corrected chi connectivity index (χ1v) is 6.89. The van der Waals surface area contributed by atoms with Gasteiger partial charge in [-0.1, -0.05) is 12.1 Å². The monoisotopic (exact) mass is 343 g/mol. The summed E-state index contributed by atoms with van der Waals surface area (Å²) in [5.41, 5.74) is 0.684. The van der Waals surface area contributed by atoms with E-state index in [0.717, 1.165) is 5.56 Å². The van der Waals surface area contributed by atoms with Crippen molar-refractivity contribution in [2.24, 2.45) is 0 Å². The van der Waals surface area contributed by atoms with Gasteiger partial charge >= 0.3 is 0 Å². The maximum atomic E-state index is 13.8. The van der Waals surface area contributed by atoms with Crippen LogP contribution in [0.1, 0.15) is 24.1 Å². The first-order valence-electron chi connectivity index (χ1n) is 6.10. The minimum Gasteiger partial charge on any atom is -0.306 e. The van der Waals surface area contributed by atoms with Gasteiger partial charge in [0, 0.05) is 18.2 Å². The van der Waals surface area contributed by atoms with Crippen molar-refractivity contribution in [3.05, 3.63) is 69.4 Å². The van der Waals surface area contributed by atoms with Gasteiger partial charge in [0.25, 0.3) is 0 Å². The van der Waals surface area contributed by atoms with E-state index in [0.29, 0.717) is 0 Å². The van der Waals surface area contributed by atoms with Gasteiger partial charge in [0.05, 0.1) is 4.47 Å². The molecule has 5 heteroatoms. The number of halogens is 4. The van der Waals surface area contributed by atoms with E-state index in [2.05, 4.69) is 21.2 Å². The predicted octanol–water partition coefficient (Wildman–Crippen LogP) is 4.72. The van der Waals surface area contributed by atoms with Gasteiger partial charge in [0.1, 0.15) is 17.5 Å². The second-order valence-corrected chi connectivity index (χ2v) is 5.33. The summed E-state index contributed by atoms with van der Waals surface area (Å²) < 4.78 is 40.7. The number of nitrogens with one attached hydrogen (secondary N) is 1. The van der Waals surface area contributed by atoms with Gasteiger partial charge < -0.3 is 5.32 Å². The van der Waals surface area contributed by atoms with Gasteiger partial charge in [-0.05, 0) is 52.7 Å². The molecule has 2 rings (SSSR count). The molecule has 2 aromatic rings. The third-order valence-corrected chi connectivity index (χ3v) is 3.69. The van der Waals surface area contributed by atoms with Crippen molar-refractivity contribution in [1.82, 2.24) is 5.32 Å². The van der Waals surface area contributed by atoms with Crippen LogP contribution < -0.4 is 5.32 Å². The number of hydrogen-bond donors (Lipinski definition) is 1. The Bertz CT molecular complexity index is 616. The van der Waals surface area contributed by atoms with Crippen molar-refractivity contribution in [1.29, 1.82) is 0 Å². The lowest BCUT2D eigenvalue weighted by atomic mass is 10.1. The molecule has 1 atom stereocenters. The average molecular weight is 344 g/mol. The van der Waals surface area contributed by atoms with E-state index in [-0.39, 0.29) is 28.4 Å². The Morgan fingerprint density at radius 3 is 2.60 bits per heavy atom. The molecule has 0 saturated heterocycles. The molecule has 2 aromatic carbocycles. The fourth-order valence-electron chi connectivity index (χ4n) is 1.88. The zero-order chi connectivity index (χ0) is 14.7. The largest absolute Gasteiger partial charge is 0.306 e. The maximum Gasteiger partial charge on any atom is 0.144 e. The third kappa shape index (κ3) is 3.41. The first kappa shape index (κ1) is 15.1. The molecular weight excluding hydrogens is 331 g/mol. The van der Waals surface area contributed by atoms with Crippen LogP contribution in [0.4, 0.5) is 13.2 Å². The fraction of sp³-hybridized carbons (Fsp3) is 0.200. The summed E-state index contributed by atoms with van der Waals surface area (Å²) in [4.78, 5) is 0. The molecule has 0 fully saturated rings. The molecule has 106 valence electrons. The standard InChI is InChI=1S/C15H13BrF3N/c1-9(10-3-2-4-11(17)7-10)20-8-12-14(18)6-5-13(16)15(12)19/h2-7,9,20H,8H2,1H3/t9-/m1/s1. The Balaban J connectivity index is 2.11. The van der Waals surface area contributed by atoms with Crippen LogP contribution in [-0.2, 0) is 6.54 Å². The van der Waals surface area contributed by atoms with E-state index in [1.165, 1.54) is 24.3 Å². The molecule has 0 saturated carbocycles. The van der Waals surface area contributed by atoms with Crippen LogP contribution in [0.5, 0.6) is 0 Å². The summed E-state index contributed by atoms with van der Waals surface area (Å²) in [6.07, 6.45) is 0. The molecule has 1 nitrogen and oxygen atoms in total. The topological polar surface area (TPSA) is 12.0 Å². The predicted molar refractivity (Wildman–Crippen MR) is 75.7 cm³/mol. The smallest absolute Gasteiger partial charge is 0.144 e. The highest BCUT2D eigenvalue weighted by atomic mass is 79.9. The fourth-order valence-corrected chi connectivity index (χ4v) is 2.25. The number of benzene rings is 2. The van der Waals surface area contributed by atoms with Crippen LogP contribution in [0.3, 0.4) is 0 Å². The molecule has 0 radical (unpaired) electrons. The molecule has 0 aromatic heterocycles. The van der Waals surface area contributed by atoms with E-state index in [9.17, 15) is 13.2 Å². The summed E-state index contributed by atoms with van der Waals surface area (Å²) in [5, 5.41) is 2.98. The zero-order valence-electron chi connectivity index (χ0n) is 10.8. The summed E-state index contributed by atoms with van der Waals surface area (Å²) in [7, 11) is 0. The van der Waals surface area contributed by atoms with Crippen LogP contribution in [0.15, 0.2) is 40.9 Å². The minimum absolute atomic E-state index is 0.0226. The van der Waals surface area contributed by atoms with E-state index >= 15 is 0 Å². The van der Waals surface area contributed by atoms with Crippen molar-refractivity contribution in [2.45, 2.75) is 19.5 Å². The highest BCUT2D eigenvalue weighted by molar-refractivity contribution is 9.10. The van der Waals surface area contributed by atoms with Crippen LogP contribution in [-0.4, -0.2) is 0 Å². The van der Waals surface area contributed by atoms with Crippen molar-refractivity contribution in [3.8, 4) is 0 Å². The summed E-state index contributed by atoms with van der Waals surface area (Å²) >= 11 is 3.02. The lowest BCUT2D eigenvalue weighted by Gasteiger charge is -2.15. The van der Waals surface area contributed by atoms with Gasteiger partial charge in [-0.15, -0.1) is 0 Å². The van der Waals surface area contributed by atoms with Crippen LogP contribution >= 0.6 is 15.9 Å². The molecule has 0 bridgehead atoms. The van der Waals surface area contributed by atoms with Gasteiger partial charge in [-0.25, -0.2) is 13.2 Å². The molecule has 20 heavy (non-hydrogen) atoms. The van der Waals surface area contributed by atoms with E-state index in [4.69, 9.17) is 0 Å². The highest BCUT2D eigenvalue weighted by Crippen LogP contribution is 2.22. The second kappa shape index (κ2) is 6.41. The molecule has 0 heterocycles. The molecular formula is C15H13BrF3N. The van der Waals surface area contributed by atoms with E-state index in [1.54, 1.807) is 12.1 Å². The van der Waals surface area contributed by atoms with Gasteiger partial charge in [-0.3, -0.25) is 0 Å². The number of hydrogen-bond acceptors (Lipinski definition) is 1. The highest BCUT2D eigenvalue weighted by Gasteiger charge is 2.14. The van der Waals surface area contributed by atoms with Crippen molar-refractivity contribution in [2.75, 3.05) is 0 Å². The lowest BCUT2D eigenvalue weighted by Crippen LogP contribution is -2.20. The Hall–Kier alpha value is -1.33. The van der Waals surface area contributed by atoms with Crippen LogP contribution in [0, 0.1) is 17.5 Å². The zero-order valence-corrected chi connectivity index (χ0v) is 12.3.